The Labute approximate surface area is 161 Å². The number of halogens is 2. The summed E-state index contributed by atoms with van der Waals surface area (Å²) in [6, 6.07) is 9.98. The molecule has 4 nitrogen and oxygen atoms in total. The number of carbonyl (C=O) groups is 3. The van der Waals surface area contributed by atoms with Gasteiger partial charge in [-0.15, -0.1) is 11.3 Å². The van der Waals surface area contributed by atoms with Gasteiger partial charge in [-0.3, -0.25) is 14.4 Å². The minimum absolute atomic E-state index is 0.184. The molecule has 0 saturated carbocycles. The third-order valence-corrected chi connectivity index (χ3v) is 6.38. The molecule has 3 aromatic rings. The Morgan fingerprint density at radius 2 is 1.42 bits per heavy atom. The molecule has 2 aliphatic rings. The van der Waals surface area contributed by atoms with Crippen LogP contribution in [0.25, 0.3) is 11.1 Å². The first-order valence-corrected chi connectivity index (χ1v) is 9.26. The molecule has 0 fully saturated rings. The lowest BCUT2D eigenvalue weighted by Gasteiger charge is -2.13. The highest BCUT2D eigenvalue weighted by atomic mass is 35.5. The minimum atomic E-state index is -0.428. The number of imide groups is 1. The molecule has 0 saturated heterocycles. The maximum absolute atomic E-state index is 13.0. The molecule has 1 aromatic heterocycles. The lowest BCUT2D eigenvalue weighted by Crippen LogP contribution is -2.29. The molecular weight excluding hydrogens is 393 g/mol. The van der Waals surface area contributed by atoms with Gasteiger partial charge in [-0.05, 0) is 23.8 Å². The zero-order valence-electron chi connectivity index (χ0n) is 12.9. The Bertz CT molecular complexity index is 1150. The smallest absolute Gasteiger partial charge is 0.266 e. The molecule has 126 valence electrons. The lowest BCUT2D eigenvalue weighted by atomic mass is 10.1. The quantitative estimate of drug-likeness (QED) is 0.420. The maximum atomic E-state index is 13.0. The normalized spacial score (nSPS) is 14.7. The topological polar surface area (TPSA) is 54.5 Å². The molecule has 0 bridgehead atoms. The molecule has 5 rings (SSSR count). The number of anilines is 1. The number of amides is 2. The zero-order chi connectivity index (χ0) is 18.2. The maximum Gasteiger partial charge on any atom is 0.266 e. The standard InChI is InChI=1S/C19H7Cl2NO3S/c20-12-6-5-8-11-7-26-19(14(11)16(23)13(8)15(12)21)22-17(24)9-3-1-2-4-10(9)18(22)25/h1-7H. The third-order valence-electron chi connectivity index (χ3n) is 4.61. The summed E-state index contributed by atoms with van der Waals surface area (Å²) in [5.74, 6) is -1.18. The van der Waals surface area contributed by atoms with Crippen LogP contribution in [-0.4, -0.2) is 17.6 Å². The summed E-state index contributed by atoms with van der Waals surface area (Å²) in [5.41, 5.74) is 2.64. The predicted molar refractivity (Wildman–Crippen MR) is 101 cm³/mol. The van der Waals surface area contributed by atoms with Crippen LogP contribution < -0.4 is 4.90 Å². The summed E-state index contributed by atoms with van der Waals surface area (Å²) in [6.45, 7) is 0. The molecule has 26 heavy (non-hydrogen) atoms. The molecule has 0 unspecified atom stereocenters. The fourth-order valence-electron chi connectivity index (χ4n) is 3.43. The van der Waals surface area contributed by atoms with E-state index in [-0.39, 0.29) is 15.8 Å². The minimum Gasteiger partial charge on any atom is -0.288 e. The van der Waals surface area contributed by atoms with Crippen molar-refractivity contribution in [2.75, 3.05) is 4.90 Å². The van der Waals surface area contributed by atoms with Crippen molar-refractivity contribution in [1.82, 2.24) is 0 Å². The molecule has 0 spiro atoms. The van der Waals surface area contributed by atoms with Gasteiger partial charge in [0.1, 0.15) is 5.00 Å². The highest BCUT2D eigenvalue weighted by Gasteiger charge is 2.42. The monoisotopic (exact) mass is 399 g/mol. The van der Waals surface area contributed by atoms with Crippen LogP contribution in [0.2, 0.25) is 10.0 Å². The van der Waals surface area contributed by atoms with Gasteiger partial charge in [0, 0.05) is 10.9 Å². The van der Waals surface area contributed by atoms with E-state index >= 15 is 0 Å². The van der Waals surface area contributed by atoms with Crippen LogP contribution in [0.5, 0.6) is 0 Å². The van der Waals surface area contributed by atoms with Gasteiger partial charge in [-0.1, -0.05) is 41.4 Å². The average molecular weight is 400 g/mol. The van der Waals surface area contributed by atoms with Gasteiger partial charge in [-0.2, -0.15) is 0 Å². The van der Waals surface area contributed by atoms with Crippen molar-refractivity contribution >= 4 is 57.1 Å². The van der Waals surface area contributed by atoms with Crippen molar-refractivity contribution in [1.29, 1.82) is 0 Å². The van der Waals surface area contributed by atoms with Gasteiger partial charge in [0.15, 0.2) is 5.78 Å². The fourth-order valence-corrected chi connectivity index (χ4v) is 4.90. The van der Waals surface area contributed by atoms with E-state index in [1.54, 1.807) is 41.8 Å². The predicted octanol–water partition coefficient (Wildman–Crippen LogP) is 5.07. The van der Waals surface area contributed by atoms with Gasteiger partial charge < -0.3 is 0 Å². The first-order valence-electron chi connectivity index (χ1n) is 7.63. The third kappa shape index (κ3) is 1.82. The average Bonchev–Trinajstić information content (AvgIpc) is 3.25. The van der Waals surface area contributed by atoms with Crippen LogP contribution in [0.3, 0.4) is 0 Å². The van der Waals surface area contributed by atoms with Crippen molar-refractivity contribution in [3.8, 4) is 11.1 Å². The van der Waals surface area contributed by atoms with Crippen LogP contribution >= 0.6 is 34.5 Å². The number of hydrogen-bond donors (Lipinski definition) is 0. The molecule has 0 radical (unpaired) electrons. The van der Waals surface area contributed by atoms with Crippen molar-refractivity contribution < 1.29 is 14.4 Å². The van der Waals surface area contributed by atoms with Gasteiger partial charge in [0.25, 0.3) is 11.8 Å². The van der Waals surface area contributed by atoms with Crippen LogP contribution in [0, 0.1) is 0 Å². The molecular formula is C19H7Cl2NO3S. The van der Waals surface area contributed by atoms with E-state index < -0.39 is 11.8 Å². The van der Waals surface area contributed by atoms with Crippen LogP contribution in [0.4, 0.5) is 5.00 Å². The molecule has 0 atom stereocenters. The number of benzene rings is 2. The van der Waals surface area contributed by atoms with Crippen LogP contribution in [0.15, 0.2) is 41.8 Å². The highest BCUT2D eigenvalue weighted by molar-refractivity contribution is 7.15. The Balaban J connectivity index is 1.70. The molecule has 2 heterocycles. The van der Waals surface area contributed by atoms with E-state index in [0.717, 1.165) is 4.90 Å². The Hall–Kier alpha value is -2.47. The number of nitrogens with zero attached hydrogens (tertiary/aromatic N) is 1. The molecule has 0 N–H and O–H groups in total. The number of fused-ring (bicyclic) bond motifs is 4. The zero-order valence-corrected chi connectivity index (χ0v) is 15.2. The molecule has 7 heteroatoms. The summed E-state index contributed by atoms with van der Waals surface area (Å²) in [5, 5.41) is 2.56. The van der Waals surface area contributed by atoms with Gasteiger partial charge >= 0.3 is 0 Å². The summed E-state index contributed by atoms with van der Waals surface area (Å²) in [7, 11) is 0. The Morgan fingerprint density at radius 3 is 2.08 bits per heavy atom. The second-order valence-corrected chi connectivity index (χ2v) is 7.58. The van der Waals surface area contributed by atoms with E-state index in [1.807, 2.05) is 0 Å². The van der Waals surface area contributed by atoms with Crippen molar-refractivity contribution in [3.63, 3.8) is 0 Å². The van der Waals surface area contributed by atoms with Crippen molar-refractivity contribution in [2.24, 2.45) is 0 Å². The number of carbonyl (C=O) groups excluding carboxylic acids is 3. The largest absolute Gasteiger partial charge is 0.288 e. The Morgan fingerprint density at radius 1 is 0.769 bits per heavy atom. The first-order chi connectivity index (χ1) is 12.5. The number of thiophene rings is 1. The van der Waals surface area contributed by atoms with E-state index in [1.165, 1.54) is 11.3 Å². The van der Waals surface area contributed by atoms with Gasteiger partial charge in [0.2, 0.25) is 0 Å². The second kappa shape index (κ2) is 5.27. The second-order valence-electron chi connectivity index (χ2n) is 5.93. The van der Waals surface area contributed by atoms with Crippen molar-refractivity contribution in [2.45, 2.75) is 0 Å². The van der Waals surface area contributed by atoms with Crippen LogP contribution in [-0.2, 0) is 0 Å². The summed E-state index contributed by atoms with van der Waals surface area (Å²) < 4.78 is 0. The molecule has 2 amide bonds. The number of rotatable bonds is 1. The lowest BCUT2D eigenvalue weighted by molar-refractivity contribution is 0.0927. The fraction of sp³-hybridized carbons (Fsp3) is 0. The van der Waals surface area contributed by atoms with E-state index in [4.69, 9.17) is 23.2 Å². The van der Waals surface area contributed by atoms with Crippen molar-refractivity contribution in [3.05, 3.63) is 74.1 Å². The molecule has 2 aromatic carbocycles. The van der Waals surface area contributed by atoms with Crippen LogP contribution in [0.1, 0.15) is 36.6 Å². The highest BCUT2D eigenvalue weighted by Crippen LogP contribution is 2.50. The van der Waals surface area contributed by atoms with E-state index in [0.29, 0.717) is 38.4 Å². The summed E-state index contributed by atoms with van der Waals surface area (Å²) >= 11 is 13.5. The Kier molecular flexibility index (Phi) is 3.19. The summed E-state index contributed by atoms with van der Waals surface area (Å²) in [6.07, 6.45) is 0. The van der Waals surface area contributed by atoms with Gasteiger partial charge in [0.05, 0.1) is 32.3 Å². The number of ketones is 1. The summed E-state index contributed by atoms with van der Waals surface area (Å²) in [4.78, 5) is 39.6. The SMILES string of the molecule is O=C1c2c(csc2N2C(=O)c3ccccc3C2=O)-c2ccc(Cl)c(Cl)c21. The van der Waals surface area contributed by atoms with E-state index in [9.17, 15) is 14.4 Å². The van der Waals surface area contributed by atoms with E-state index in [2.05, 4.69) is 0 Å². The molecule has 1 aliphatic heterocycles. The first kappa shape index (κ1) is 15.8. The molecule has 1 aliphatic carbocycles. The van der Waals surface area contributed by atoms with Gasteiger partial charge in [-0.25, -0.2) is 4.90 Å². The number of hydrogen-bond acceptors (Lipinski definition) is 4.